The largest absolute Gasteiger partial charge is 0.356 e. The number of rotatable bonds is 5. The molecule has 1 aliphatic carbocycles. The Morgan fingerprint density at radius 2 is 2.21 bits per heavy atom. The topological polar surface area (TPSA) is 54.3 Å². The van der Waals surface area contributed by atoms with E-state index in [4.69, 9.17) is 0 Å². The molecule has 106 valence electrons. The lowest BCUT2D eigenvalue weighted by molar-refractivity contribution is 0.363. The molecule has 0 amide bonds. The van der Waals surface area contributed by atoms with Gasteiger partial charge in [0.05, 0.1) is 4.90 Å². The Bertz CT molecular complexity index is 542. The van der Waals surface area contributed by atoms with Gasteiger partial charge in [0.15, 0.2) is 0 Å². The second kappa shape index (κ2) is 4.92. The van der Waals surface area contributed by atoms with Crippen molar-refractivity contribution in [1.29, 1.82) is 0 Å². The van der Waals surface area contributed by atoms with Crippen molar-refractivity contribution in [1.82, 2.24) is 14.2 Å². The van der Waals surface area contributed by atoms with Crippen LogP contribution in [0.5, 0.6) is 0 Å². The minimum Gasteiger partial charge on any atom is -0.356 e. The van der Waals surface area contributed by atoms with Gasteiger partial charge in [0, 0.05) is 38.1 Å². The molecule has 1 atom stereocenters. The Labute approximate surface area is 114 Å². The molecule has 1 aromatic heterocycles. The molecule has 2 aliphatic rings. The number of aromatic nitrogens is 1. The van der Waals surface area contributed by atoms with E-state index in [0.29, 0.717) is 17.5 Å². The maximum Gasteiger partial charge on any atom is 0.244 e. The summed E-state index contributed by atoms with van der Waals surface area (Å²) in [5.41, 5.74) is 0. The fourth-order valence-corrected chi connectivity index (χ4v) is 4.48. The fraction of sp³-hybridized carbons (Fsp3) is 0.692. The predicted molar refractivity (Wildman–Crippen MR) is 73.4 cm³/mol. The molecule has 1 saturated carbocycles. The van der Waals surface area contributed by atoms with Gasteiger partial charge in [0.2, 0.25) is 10.0 Å². The summed E-state index contributed by atoms with van der Waals surface area (Å²) in [7, 11) is -1.49. The van der Waals surface area contributed by atoms with Crippen molar-refractivity contribution in [2.75, 3.05) is 13.1 Å². The molecule has 0 aromatic carbocycles. The van der Waals surface area contributed by atoms with Crippen molar-refractivity contribution in [2.24, 2.45) is 7.05 Å². The summed E-state index contributed by atoms with van der Waals surface area (Å²) in [6.07, 6.45) is 7.69. The zero-order valence-corrected chi connectivity index (χ0v) is 12.1. The lowest BCUT2D eigenvalue weighted by Crippen LogP contribution is -2.42. The van der Waals surface area contributed by atoms with Gasteiger partial charge in [-0.2, -0.15) is 4.31 Å². The van der Waals surface area contributed by atoms with Crippen LogP contribution in [0, 0.1) is 0 Å². The molecule has 0 spiro atoms. The first-order valence-electron chi connectivity index (χ1n) is 6.94. The minimum atomic E-state index is -3.33. The number of hydrogen-bond donors (Lipinski definition) is 1. The Balaban J connectivity index is 1.82. The van der Waals surface area contributed by atoms with Gasteiger partial charge < -0.3 is 9.88 Å². The zero-order chi connectivity index (χ0) is 13.5. The van der Waals surface area contributed by atoms with Gasteiger partial charge in [-0.15, -0.1) is 0 Å². The molecule has 6 heteroatoms. The van der Waals surface area contributed by atoms with Crippen molar-refractivity contribution in [3.05, 3.63) is 18.5 Å². The highest BCUT2D eigenvalue weighted by Crippen LogP contribution is 2.32. The first-order chi connectivity index (χ1) is 9.07. The molecule has 2 heterocycles. The van der Waals surface area contributed by atoms with Crippen molar-refractivity contribution in [2.45, 2.75) is 42.7 Å². The molecule has 1 aliphatic heterocycles. The van der Waals surface area contributed by atoms with Crippen LogP contribution >= 0.6 is 0 Å². The Morgan fingerprint density at radius 3 is 2.74 bits per heavy atom. The molecule has 0 bridgehead atoms. The second-order valence-electron chi connectivity index (χ2n) is 5.61. The first kappa shape index (κ1) is 13.1. The van der Waals surface area contributed by atoms with E-state index >= 15 is 0 Å². The summed E-state index contributed by atoms with van der Waals surface area (Å²) >= 11 is 0. The minimum absolute atomic E-state index is 0.215. The highest BCUT2D eigenvalue weighted by molar-refractivity contribution is 7.89. The van der Waals surface area contributed by atoms with Crippen LogP contribution < -0.4 is 5.32 Å². The van der Waals surface area contributed by atoms with Crippen LogP contribution in [0.15, 0.2) is 23.4 Å². The molecule has 1 aromatic rings. The van der Waals surface area contributed by atoms with E-state index in [1.807, 2.05) is 7.05 Å². The van der Waals surface area contributed by atoms with Gasteiger partial charge in [-0.05, 0) is 38.3 Å². The average molecular weight is 283 g/mol. The number of sulfonamides is 1. The lowest BCUT2D eigenvalue weighted by Gasteiger charge is -2.24. The number of nitrogens with zero attached hydrogens (tertiary/aromatic N) is 2. The lowest BCUT2D eigenvalue weighted by atomic mass is 10.2. The summed E-state index contributed by atoms with van der Waals surface area (Å²) in [6.45, 7) is 1.62. The second-order valence-corrected chi connectivity index (χ2v) is 7.50. The number of hydrogen-bond acceptors (Lipinski definition) is 3. The van der Waals surface area contributed by atoms with Crippen molar-refractivity contribution in [3.63, 3.8) is 0 Å². The molecule has 2 fully saturated rings. The van der Waals surface area contributed by atoms with Crippen molar-refractivity contribution in [3.8, 4) is 0 Å². The Morgan fingerprint density at radius 1 is 1.42 bits per heavy atom. The Hall–Kier alpha value is -0.850. The van der Waals surface area contributed by atoms with E-state index in [-0.39, 0.29) is 6.04 Å². The van der Waals surface area contributed by atoms with E-state index in [9.17, 15) is 8.42 Å². The monoisotopic (exact) mass is 283 g/mol. The third-order valence-electron chi connectivity index (χ3n) is 3.93. The van der Waals surface area contributed by atoms with E-state index in [1.54, 1.807) is 27.3 Å². The van der Waals surface area contributed by atoms with E-state index in [2.05, 4.69) is 5.32 Å². The number of nitrogens with one attached hydrogen (secondary N) is 1. The smallest absolute Gasteiger partial charge is 0.244 e. The normalized spacial score (nSPS) is 24.2. The zero-order valence-electron chi connectivity index (χ0n) is 11.2. The molecule has 19 heavy (non-hydrogen) atoms. The van der Waals surface area contributed by atoms with Gasteiger partial charge in [-0.1, -0.05) is 0 Å². The molecule has 5 nitrogen and oxygen atoms in total. The van der Waals surface area contributed by atoms with Crippen LogP contribution in [0.25, 0.3) is 0 Å². The van der Waals surface area contributed by atoms with Gasteiger partial charge in [-0.3, -0.25) is 0 Å². The van der Waals surface area contributed by atoms with Crippen LogP contribution in [-0.4, -0.2) is 42.5 Å². The standard InChI is InChI=1S/C13H21N3O2S/c1-15-8-6-13(10-15)19(17,18)16(12-4-5-12)9-11-3-2-7-14-11/h6,8,10-12,14H,2-5,7,9H2,1H3. The SMILES string of the molecule is Cn1ccc(S(=O)(=O)N(CC2CCCN2)C2CC2)c1. The number of aryl methyl sites for hydroxylation is 1. The summed E-state index contributed by atoms with van der Waals surface area (Å²) in [5.74, 6) is 0. The van der Waals surface area contributed by atoms with E-state index in [1.165, 1.54) is 0 Å². The third kappa shape index (κ3) is 2.70. The van der Waals surface area contributed by atoms with Crippen LogP contribution in [0.1, 0.15) is 25.7 Å². The maximum atomic E-state index is 12.7. The summed E-state index contributed by atoms with van der Waals surface area (Å²) in [4.78, 5) is 0.417. The van der Waals surface area contributed by atoms with Crippen molar-refractivity contribution >= 4 is 10.0 Å². The van der Waals surface area contributed by atoms with Crippen LogP contribution in [0.2, 0.25) is 0 Å². The highest BCUT2D eigenvalue weighted by atomic mass is 32.2. The molecular weight excluding hydrogens is 262 g/mol. The van der Waals surface area contributed by atoms with E-state index < -0.39 is 10.0 Å². The predicted octanol–water partition coefficient (Wildman–Crippen LogP) is 0.930. The molecular formula is C13H21N3O2S. The molecule has 1 unspecified atom stereocenters. The van der Waals surface area contributed by atoms with Gasteiger partial charge in [0.1, 0.15) is 0 Å². The first-order valence-corrected chi connectivity index (χ1v) is 8.38. The van der Waals surface area contributed by atoms with Crippen LogP contribution in [-0.2, 0) is 17.1 Å². The summed E-state index contributed by atoms with van der Waals surface area (Å²) < 4.78 is 28.9. The van der Waals surface area contributed by atoms with E-state index in [0.717, 1.165) is 32.2 Å². The van der Waals surface area contributed by atoms with Crippen molar-refractivity contribution < 1.29 is 8.42 Å². The molecule has 1 saturated heterocycles. The average Bonchev–Trinajstić information content (AvgIpc) is 2.88. The molecule has 3 rings (SSSR count). The van der Waals surface area contributed by atoms with Crippen LogP contribution in [0.4, 0.5) is 0 Å². The summed E-state index contributed by atoms with van der Waals surface area (Å²) in [5, 5.41) is 3.39. The van der Waals surface area contributed by atoms with Gasteiger partial charge in [-0.25, -0.2) is 8.42 Å². The quantitative estimate of drug-likeness (QED) is 0.874. The maximum absolute atomic E-state index is 12.7. The molecule has 1 N–H and O–H groups in total. The fourth-order valence-electron chi connectivity index (χ4n) is 2.70. The van der Waals surface area contributed by atoms with Crippen LogP contribution in [0.3, 0.4) is 0 Å². The molecule has 0 radical (unpaired) electrons. The van der Waals surface area contributed by atoms with Gasteiger partial charge >= 0.3 is 0 Å². The third-order valence-corrected chi connectivity index (χ3v) is 5.83. The Kier molecular flexibility index (Phi) is 3.41. The van der Waals surface area contributed by atoms with Gasteiger partial charge in [0.25, 0.3) is 0 Å². The highest BCUT2D eigenvalue weighted by Gasteiger charge is 2.39. The summed E-state index contributed by atoms with van der Waals surface area (Å²) in [6, 6.07) is 2.22.